The standard InChI is InChI=1S/C10H21NO2/c1-8-9(12-6-5-11-8)7-13-10(2,3)4/h8-9,11H,5-7H2,1-4H3. The van der Waals surface area contributed by atoms with Gasteiger partial charge in [0.25, 0.3) is 0 Å². The fourth-order valence-electron chi connectivity index (χ4n) is 1.30. The van der Waals surface area contributed by atoms with Crippen molar-refractivity contribution in [3.05, 3.63) is 0 Å². The van der Waals surface area contributed by atoms with Crippen LogP contribution in [0.1, 0.15) is 27.7 Å². The topological polar surface area (TPSA) is 30.5 Å². The van der Waals surface area contributed by atoms with Crippen molar-refractivity contribution in [3.63, 3.8) is 0 Å². The minimum Gasteiger partial charge on any atom is -0.373 e. The van der Waals surface area contributed by atoms with Gasteiger partial charge in [0.1, 0.15) is 0 Å². The summed E-state index contributed by atoms with van der Waals surface area (Å²) < 4.78 is 11.3. The first-order valence-corrected chi connectivity index (χ1v) is 4.98. The van der Waals surface area contributed by atoms with Crippen LogP contribution in [0.15, 0.2) is 0 Å². The van der Waals surface area contributed by atoms with Gasteiger partial charge in [-0.3, -0.25) is 0 Å². The summed E-state index contributed by atoms with van der Waals surface area (Å²) in [4.78, 5) is 0. The molecule has 0 radical (unpaired) electrons. The van der Waals surface area contributed by atoms with Crippen molar-refractivity contribution in [2.24, 2.45) is 0 Å². The first-order chi connectivity index (χ1) is 5.99. The fraction of sp³-hybridized carbons (Fsp3) is 1.00. The Morgan fingerprint density at radius 3 is 2.69 bits per heavy atom. The lowest BCUT2D eigenvalue weighted by molar-refractivity contribution is -0.0934. The van der Waals surface area contributed by atoms with Crippen molar-refractivity contribution in [3.8, 4) is 0 Å². The maximum atomic E-state index is 5.67. The van der Waals surface area contributed by atoms with E-state index in [9.17, 15) is 0 Å². The molecule has 0 aromatic rings. The molecule has 3 nitrogen and oxygen atoms in total. The van der Waals surface area contributed by atoms with Crippen LogP contribution in [0, 0.1) is 0 Å². The molecule has 1 N–H and O–H groups in total. The van der Waals surface area contributed by atoms with Gasteiger partial charge in [0.05, 0.1) is 24.9 Å². The zero-order valence-corrected chi connectivity index (χ0v) is 9.09. The Balaban J connectivity index is 2.27. The van der Waals surface area contributed by atoms with E-state index in [-0.39, 0.29) is 11.7 Å². The average molecular weight is 187 g/mol. The summed E-state index contributed by atoms with van der Waals surface area (Å²) in [7, 11) is 0. The molecule has 0 saturated carbocycles. The summed E-state index contributed by atoms with van der Waals surface area (Å²) in [6, 6.07) is 0.399. The molecule has 0 bridgehead atoms. The highest BCUT2D eigenvalue weighted by Crippen LogP contribution is 2.11. The van der Waals surface area contributed by atoms with E-state index in [0.29, 0.717) is 12.6 Å². The molecule has 1 aliphatic heterocycles. The Bertz CT molecular complexity index is 153. The van der Waals surface area contributed by atoms with Crippen molar-refractivity contribution in [2.75, 3.05) is 19.8 Å². The largest absolute Gasteiger partial charge is 0.373 e. The van der Waals surface area contributed by atoms with Gasteiger partial charge in [0.15, 0.2) is 0 Å². The van der Waals surface area contributed by atoms with E-state index in [0.717, 1.165) is 13.2 Å². The Morgan fingerprint density at radius 2 is 2.15 bits per heavy atom. The SMILES string of the molecule is CC1NCCOC1COC(C)(C)C. The maximum Gasteiger partial charge on any atom is 0.0959 e. The molecule has 1 saturated heterocycles. The van der Waals surface area contributed by atoms with E-state index in [1.54, 1.807) is 0 Å². The molecule has 1 fully saturated rings. The van der Waals surface area contributed by atoms with Gasteiger partial charge in [0.2, 0.25) is 0 Å². The summed E-state index contributed by atoms with van der Waals surface area (Å²) in [6.45, 7) is 10.7. The van der Waals surface area contributed by atoms with Crippen LogP contribution in [0.2, 0.25) is 0 Å². The molecule has 1 heterocycles. The van der Waals surface area contributed by atoms with E-state index in [1.165, 1.54) is 0 Å². The molecule has 0 aromatic carbocycles. The second-order valence-electron chi connectivity index (χ2n) is 4.58. The van der Waals surface area contributed by atoms with E-state index in [1.807, 2.05) is 0 Å². The fourth-order valence-corrected chi connectivity index (χ4v) is 1.30. The minimum absolute atomic E-state index is 0.0689. The van der Waals surface area contributed by atoms with Crippen molar-refractivity contribution < 1.29 is 9.47 Å². The monoisotopic (exact) mass is 187 g/mol. The summed E-state index contributed by atoms with van der Waals surface area (Å²) in [5.41, 5.74) is -0.0689. The third-order valence-electron chi connectivity index (χ3n) is 2.14. The van der Waals surface area contributed by atoms with Crippen LogP contribution < -0.4 is 5.32 Å². The van der Waals surface area contributed by atoms with Gasteiger partial charge in [0, 0.05) is 12.6 Å². The third-order valence-corrected chi connectivity index (χ3v) is 2.14. The molecule has 1 aliphatic rings. The van der Waals surface area contributed by atoms with Crippen LogP contribution in [-0.2, 0) is 9.47 Å². The average Bonchev–Trinajstić information content (AvgIpc) is 2.01. The van der Waals surface area contributed by atoms with E-state index < -0.39 is 0 Å². The normalized spacial score (nSPS) is 30.5. The molecule has 0 aliphatic carbocycles. The molecule has 0 aromatic heterocycles. The first-order valence-electron chi connectivity index (χ1n) is 4.98. The quantitative estimate of drug-likeness (QED) is 0.704. The Hall–Kier alpha value is -0.120. The molecular weight excluding hydrogens is 166 g/mol. The Labute approximate surface area is 80.8 Å². The second-order valence-corrected chi connectivity index (χ2v) is 4.58. The highest BCUT2D eigenvalue weighted by atomic mass is 16.5. The van der Waals surface area contributed by atoms with Crippen molar-refractivity contribution >= 4 is 0 Å². The molecule has 0 spiro atoms. The van der Waals surface area contributed by atoms with Gasteiger partial charge in [-0.25, -0.2) is 0 Å². The molecule has 2 unspecified atom stereocenters. The predicted molar refractivity (Wildman–Crippen MR) is 52.9 cm³/mol. The minimum atomic E-state index is -0.0689. The Kier molecular flexibility index (Phi) is 3.71. The second kappa shape index (κ2) is 4.40. The molecule has 0 amide bonds. The van der Waals surface area contributed by atoms with Crippen LogP contribution in [-0.4, -0.2) is 37.5 Å². The number of ether oxygens (including phenoxy) is 2. The smallest absolute Gasteiger partial charge is 0.0959 e. The number of nitrogens with one attached hydrogen (secondary N) is 1. The van der Waals surface area contributed by atoms with Gasteiger partial charge in [-0.1, -0.05) is 0 Å². The van der Waals surface area contributed by atoms with Crippen LogP contribution in [0.5, 0.6) is 0 Å². The summed E-state index contributed by atoms with van der Waals surface area (Å²) in [5, 5.41) is 3.36. The maximum absolute atomic E-state index is 5.67. The van der Waals surface area contributed by atoms with Gasteiger partial charge in [-0.15, -0.1) is 0 Å². The summed E-state index contributed by atoms with van der Waals surface area (Å²) >= 11 is 0. The van der Waals surface area contributed by atoms with Crippen LogP contribution in [0.3, 0.4) is 0 Å². The lowest BCUT2D eigenvalue weighted by Gasteiger charge is -2.32. The number of rotatable bonds is 2. The summed E-state index contributed by atoms with van der Waals surface area (Å²) in [5.74, 6) is 0. The lowest BCUT2D eigenvalue weighted by Crippen LogP contribution is -2.49. The highest BCUT2D eigenvalue weighted by Gasteiger charge is 2.23. The molecule has 3 heteroatoms. The van der Waals surface area contributed by atoms with Crippen molar-refractivity contribution in [1.29, 1.82) is 0 Å². The lowest BCUT2D eigenvalue weighted by atomic mass is 10.1. The van der Waals surface area contributed by atoms with E-state index in [2.05, 4.69) is 33.0 Å². The zero-order chi connectivity index (χ0) is 9.90. The zero-order valence-electron chi connectivity index (χ0n) is 9.09. The molecule has 2 atom stereocenters. The van der Waals surface area contributed by atoms with Gasteiger partial charge in [-0.05, 0) is 27.7 Å². The van der Waals surface area contributed by atoms with Crippen molar-refractivity contribution in [2.45, 2.75) is 45.4 Å². The van der Waals surface area contributed by atoms with Gasteiger partial charge < -0.3 is 14.8 Å². The Morgan fingerprint density at radius 1 is 1.46 bits per heavy atom. The predicted octanol–water partition coefficient (Wildman–Crippen LogP) is 1.18. The van der Waals surface area contributed by atoms with Crippen LogP contribution in [0.25, 0.3) is 0 Å². The number of hydrogen-bond donors (Lipinski definition) is 1. The summed E-state index contributed by atoms with van der Waals surface area (Å²) in [6.07, 6.45) is 0.202. The highest BCUT2D eigenvalue weighted by molar-refractivity contribution is 4.77. The molecule has 13 heavy (non-hydrogen) atoms. The van der Waals surface area contributed by atoms with Crippen LogP contribution in [0.4, 0.5) is 0 Å². The van der Waals surface area contributed by atoms with Crippen LogP contribution >= 0.6 is 0 Å². The van der Waals surface area contributed by atoms with Crippen molar-refractivity contribution in [1.82, 2.24) is 5.32 Å². The van der Waals surface area contributed by atoms with E-state index >= 15 is 0 Å². The van der Waals surface area contributed by atoms with Gasteiger partial charge in [-0.2, -0.15) is 0 Å². The van der Waals surface area contributed by atoms with Gasteiger partial charge >= 0.3 is 0 Å². The molecule has 78 valence electrons. The third kappa shape index (κ3) is 4.07. The number of morpholine rings is 1. The van der Waals surface area contributed by atoms with E-state index in [4.69, 9.17) is 9.47 Å². The number of hydrogen-bond acceptors (Lipinski definition) is 3. The molecular formula is C10H21NO2. The first kappa shape index (κ1) is 11.0. The molecule has 1 rings (SSSR count).